The molecule has 1 atom stereocenters. The predicted molar refractivity (Wildman–Crippen MR) is 124 cm³/mol. The lowest BCUT2D eigenvalue weighted by molar-refractivity contribution is 0.0939. The molecule has 3 rings (SSSR count). The summed E-state index contributed by atoms with van der Waals surface area (Å²) >= 11 is 0. The Bertz CT molecular complexity index is 919. The fourth-order valence-corrected chi connectivity index (χ4v) is 3.67. The third-order valence-corrected chi connectivity index (χ3v) is 5.57. The van der Waals surface area contributed by atoms with Gasteiger partial charge in [-0.05, 0) is 69.9 Å². The Balaban J connectivity index is 1.79. The predicted octanol–water partition coefficient (Wildman–Crippen LogP) is 5.08. The smallest absolute Gasteiger partial charge is 0.323 e. The van der Waals surface area contributed by atoms with Crippen LogP contribution in [0.25, 0.3) is 0 Å². The van der Waals surface area contributed by atoms with Crippen LogP contribution in [0.1, 0.15) is 54.6 Å². The first-order valence-electron chi connectivity index (χ1n) is 10.7. The molecule has 0 radical (unpaired) electrons. The number of amides is 3. The topological polar surface area (TPSA) is 73.5 Å². The molecule has 0 aromatic heterocycles. The summed E-state index contributed by atoms with van der Waals surface area (Å²) in [5, 5.41) is 8.80. The van der Waals surface area contributed by atoms with E-state index in [1.54, 1.807) is 6.07 Å². The van der Waals surface area contributed by atoms with E-state index in [1.807, 2.05) is 58.0 Å². The van der Waals surface area contributed by atoms with Crippen LogP contribution in [0.5, 0.6) is 0 Å². The van der Waals surface area contributed by atoms with Crippen LogP contribution in [0.2, 0.25) is 0 Å². The van der Waals surface area contributed by atoms with E-state index in [2.05, 4.69) is 20.9 Å². The van der Waals surface area contributed by atoms with E-state index < -0.39 is 0 Å². The average Bonchev–Trinajstić information content (AvgIpc) is 3.24. The van der Waals surface area contributed by atoms with Crippen LogP contribution in [0.3, 0.4) is 0 Å². The maximum atomic E-state index is 12.9. The third kappa shape index (κ3) is 5.32. The van der Waals surface area contributed by atoms with Gasteiger partial charge in [0.05, 0.1) is 5.56 Å². The lowest BCUT2D eigenvalue weighted by Gasteiger charge is -2.23. The van der Waals surface area contributed by atoms with Crippen molar-refractivity contribution >= 4 is 29.0 Å². The molecule has 0 spiro atoms. The number of anilines is 3. The summed E-state index contributed by atoms with van der Waals surface area (Å²) in [7, 11) is 0. The molecule has 6 heteroatoms. The van der Waals surface area contributed by atoms with Gasteiger partial charge in [0.15, 0.2) is 0 Å². The Morgan fingerprint density at radius 1 is 1.03 bits per heavy atom. The zero-order valence-electron chi connectivity index (χ0n) is 18.3. The molecule has 1 saturated heterocycles. The summed E-state index contributed by atoms with van der Waals surface area (Å²) in [6, 6.07) is 11.2. The van der Waals surface area contributed by atoms with Gasteiger partial charge in [0.25, 0.3) is 5.91 Å². The van der Waals surface area contributed by atoms with E-state index in [0.717, 1.165) is 54.9 Å². The molecule has 6 nitrogen and oxygen atoms in total. The van der Waals surface area contributed by atoms with E-state index in [9.17, 15) is 9.59 Å². The fourth-order valence-electron chi connectivity index (χ4n) is 3.67. The lowest BCUT2D eigenvalue weighted by Crippen LogP contribution is -2.33. The second-order valence-corrected chi connectivity index (χ2v) is 8.11. The van der Waals surface area contributed by atoms with Crippen molar-refractivity contribution in [3.8, 4) is 0 Å². The van der Waals surface area contributed by atoms with Crippen LogP contribution in [-0.2, 0) is 0 Å². The molecule has 1 heterocycles. The maximum absolute atomic E-state index is 12.9. The van der Waals surface area contributed by atoms with Gasteiger partial charge >= 0.3 is 6.03 Å². The van der Waals surface area contributed by atoms with Gasteiger partial charge in [-0.3, -0.25) is 4.79 Å². The molecule has 0 aliphatic carbocycles. The van der Waals surface area contributed by atoms with Gasteiger partial charge in [-0.2, -0.15) is 0 Å². The molecule has 2 aromatic rings. The van der Waals surface area contributed by atoms with E-state index in [-0.39, 0.29) is 18.0 Å². The highest BCUT2D eigenvalue weighted by atomic mass is 16.2. The first kappa shape index (κ1) is 21.7. The van der Waals surface area contributed by atoms with E-state index >= 15 is 0 Å². The third-order valence-electron chi connectivity index (χ3n) is 5.57. The first-order chi connectivity index (χ1) is 14.4. The summed E-state index contributed by atoms with van der Waals surface area (Å²) < 4.78 is 0. The maximum Gasteiger partial charge on any atom is 0.323 e. The van der Waals surface area contributed by atoms with Crippen molar-refractivity contribution in [2.75, 3.05) is 28.6 Å². The average molecular weight is 409 g/mol. The summed E-state index contributed by atoms with van der Waals surface area (Å²) in [4.78, 5) is 27.7. The molecule has 1 aliphatic heterocycles. The molecule has 1 fully saturated rings. The van der Waals surface area contributed by atoms with E-state index in [1.165, 1.54) is 0 Å². The highest BCUT2D eigenvalue weighted by Crippen LogP contribution is 2.28. The number of nitrogens with zero attached hydrogens (tertiary/aromatic N) is 1. The number of rotatable bonds is 6. The monoisotopic (exact) mass is 408 g/mol. The van der Waals surface area contributed by atoms with Crippen molar-refractivity contribution in [2.24, 2.45) is 0 Å². The van der Waals surface area contributed by atoms with Crippen molar-refractivity contribution in [2.45, 2.75) is 53.0 Å². The second kappa shape index (κ2) is 9.65. The largest absolute Gasteiger partial charge is 0.371 e. The van der Waals surface area contributed by atoms with Crippen molar-refractivity contribution < 1.29 is 9.59 Å². The molecule has 0 bridgehead atoms. The Morgan fingerprint density at radius 3 is 2.43 bits per heavy atom. The van der Waals surface area contributed by atoms with Gasteiger partial charge < -0.3 is 20.9 Å². The Morgan fingerprint density at radius 2 is 1.77 bits per heavy atom. The van der Waals surface area contributed by atoms with Crippen molar-refractivity contribution in [1.29, 1.82) is 0 Å². The van der Waals surface area contributed by atoms with Crippen LogP contribution in [0.4, 0.5) is 21.9 Å². The van der Waals surface area contributed by atoms with Gasteiger partial charge in [0, 0.05) is 36.2 Å². The van der Waals surface area contributed by atoms with Crippen molar-refractivity contribution in [3.63, 3.8) is 0 Å². The minimum atomic E-state index is -0.329. The fraction of sp³-hybridized carbons (Fsp3) is 0.417. The van der Waals surface area contributed by atoms with E-state index in [4.69, 9.17) is 0 Å². The van der Waals surface area contributed by atoms with Crippen LogP contribution >= 0.6 is 0 Å². The highest BCUT2D eigenvalue weighted by Gasteiger charge is 2.21. The summed E-state index contributed by atoms with van der Waals surface area (Å²) in [6.07, 6.45) is 3.12. The summed E-state index contributed by atoms with van der Waals surface area (Å²) in [5.41, 5.74) is 5.03. The normalized spacial score (nSPS) is 14.3. The minimum absolute atomic E-state index is 0.0911. The molecule has 2 aromatic carbocycles. The molecule has 3 N–H and O–H groups in total. The summed E-state index contributed by atoms with van der Waals surface area (Å²) in [6.45, 7) is 9.91. The molecule has 1 aliphatic rings. The Labute approximate surface area is 179 Å². The molecular weight excluding hydrogens is 376 g/mol. The van der Waals surface area contributed by atoms with Gasteiger partial charge in [0.2, 0.25) is 0 Å². The number of carbonyl (C=O) groups is 2. The van der Waals surface area contributed by atoms with Crippen LogP contribution in [0, 0.1) is 13.8 Å². The highest BCUT2D eigenvalue weighted by molar-refractivity contribution is 6.04. The standard InChI is InChI=1S/C24H32N4O2/c1-5-18(4)25-23(29)20-15-19(9-11-22(20)28-12-6-7-13-28)26-24(30)27-21-10-8-16(2)14-17(21)3/h8-11,14-15,18H,5-7,12-13H2,1-4H3,(H,25,29)(H2,26,27,30)/t18-/m0/s1. The second-order valence-electron chi connectivity index (χ2n) is 8.11. The zero-order valence-corrected chi connectivity index (χ0v) is 18.3. The summed E-state index contributed by atoms with van der Waals surface area (Å²) in [5.74, 6) is -0.107. The number of benzene rings is 2. The first-order valence-corrected chi connectivity index (χ1v) is 10.7. The van der Waals surface area contributed by atoms with Crippen LogP contribution in [-0.4, -0.2) is 31.1 Å². The SMILES string of the molecule is CC[C@H](C)NC(=O)c1cc(NC(=O)Nc2ccc(C)cc2C)ccc1N1CCCC1. The van der Waals surface area contributed by atoms with Crippen LogP contribution in [0.15, 0.2) is 36.4 Å². The van der Waals surface area contributed by atoms with E-state index in [0.29, 0.717) is 11.3 Å². The molecule has 30 heavy (non-hydrogen) atoms. The molecule has 3 amide bonds. The van der Waals surface area contributed by atoms with Crippen molar-refractivity contribution in [3.05, 3.63) is 53.1 Å². The van der Waals surface area contributed by atoms with Gasteiger partial charge in [-0.1, -0.05) is 24.6 Å². The molecular formula is C24H32N4O2. The molecule has 0 unspecified atom stereocenters. The number of urea groups is 1. The lowest BCUT2D eigenvalue weighted by atomic mass is 10.1. The molecule has 160 valence electrons. The minimum Gasteiger partial charge on any atom is -0.371 e. The quantitative estimate of drug-likeness (QED) is 0.624. The number of hydrogen-bond acceptors (Lipinski definition) is 3. The van der Waals surface area contributed by atoms with Gasteiger partial charge in [-0.15, -0.1) is 0 Å². The number of hydrogen-bond donors (Lipinski definition) is 3. The van der Waals surface area contributed by atoms with Gasteiger partial charge in [0.1, 0.15) is 0 Å². The zero-order chi connectivity index (χ0) is 21.7. The molecule has 0 saturated carbocycles. The Hall–Kier alpha value is -3.02. The van der Waals surface area contributed by atoms with Gasteiger partial charge in [-0.25, -0.2) is 4.79 Å². The Kier molecular flexibility index (Phi) is 6.98. The number of nitrogens with one attached hydrogen (secondary N) is 3. The van der Waals surface area contributed by atoms with Crippen molar-refractivity contribution in [1.82, 2.24) is 5.32 Å². The number of carbonyl (C=O) groups excluding carboxylic acids is 2. The van der Waals surface area contributed by atoms with Crippen LogP contribution < -0.4 is 20.9 Å². The number of aryl methyl sites for hydroxylation is 2.